The van der Waals surface area contributed by atoms with E-state index < -0.39 is 12.0 Å². The van der Waals surface area contributed by atoms with Crippen molar-refractivity contribution in [1.82, 2.24) is 0 Å². The minimum absolute atomic E-state index is 0.288. The number of carbonyl (C=O) groups excluding carboxylic acids is 1. The normalized spacial score (nSPS) is 16.9. The van der Waals surface area contributed by atoms with Crippen LogP contribution in [0, 0.1) is 0 Å². The highest BCUT2D eigenvalue weighted by Crippen LogP contribution is 2.37. The summed E-state index contributed by atoms with van der Waals surface area (Å²) in [6.07, 6.45) is 0.338. The second-order valence-corrected chi connectivity index (χ2v) is 7.82. The Labute approximate surface area is 141 Å². The van der Waals surface area contributed by atoms with Gasteiger partial charge >= 0.3 is 5.97 Å². The fourth-order valence-corrected chi connectivity index (χ4v) is 4.38. The van der Waals surface area contributed by atoms with Crippen molar-refractivity contribution in [3.05, 3.63) is 49.0 Å². The van der Waals surface area contributed by atoms with Gasteiger partial charge in [-0.1, -0.05) is 18.2 Å². The van der Waals surface area contributed by atoms with Crippen LogP contribution in [0.5, 0.6) is 0 Å². The number of carboxylic acids is 1. The molecule has 2 heterocycles. The van der Waals surface area contributed by atoms with Crippen LogP contribution in [0.25, 0.3) is 0 Å². The molecule has 0 spiro atoms. The maximum absolute atomic E-state index is 12.7. The smallest absolute Gasteiger partial charge is 0.327 e. The monoisotopic (exact) mass is 429 g/mol. The Morgan fingerprint density at radius 3 is 2.62 bits per heavy atom. The van der Waals surface area contributed by atoms with E-state index in [1.807, 2.05) is 18.2 Å². The van der Waals surface area contributed by atoms with E-state index in [0.717, 1.165) is 13.8 Å². The molecule has 1 N–H and O–H groups in total. The van der Waals surface area contributed by atoms with E-state index in [4.69, 9.17) is 0 Å². The van der Waals surface area contributed by atoms with E-state index >= 15 is 0 Å². The number of anilines is 1. The third kappa shape index (κ3) is 2.54. The summed E-state index contributed by atoms with van der Waals surface area (Å²) in [5.74, 6) is -1.28. The molecule has 1 aromatic carbocycles. The minimum atomic E-state index is -0.991. The van der Waals surface area contributed by atoms with Crippen LogP contribution in [0.15, 0.2) is 38.6 Å². The van der Waals surface area contributed by atoms with E-state index in [0.29, 0.717) is 17.0 Å². The van der Waals surface area contributed by atoms with Gasteiger partial charge in [-0.3, -0.25) is 9.69 Å². The van der Waals surface area contributed by atoms with Gasteiger partial charge in [0.25, 0.3) is 5.91 Å². The third-order valence-electron chi connectivity index (χ3n) is 3.34. The molecule has 4 nitrogen and oxygen atoms in total. The fourth-order valence-electron chi connectivity index (χ4n) is 2.41. The molecule has 2 aromatic rings. The summed E-state index contributed by atoms with van der Waals surface area (Å²) in [4.78, 5) is 26.1. The maximum Gasteiger partial charge on any atom is 0.327 e. The Bertz CT molecular complexity index is 724. The van der Waals surface area contributed by atoms with Gasteiger partial charge in [0.2, 0.25) is 0 Å². The van der Waals surface area contributed by atoms with E-state index in [1.165, 1.54) is 16.2 Å². The lowest BCUT2D eigenvalue weighted by Gasteiger charge is -2.21. The Kier molecular flexibility index (Phi) is 3.90. The SMILES string of the molecule is O=C(O)C1Cc2ccccc2N1C(=O)c1cc(Br)c(Br)s1. The Morgan fingerprint density at radius 2 is 2.00 bits per heavy atom. The molecular weight excluding hydrogens is 422 g/mol. The van der Waals surface area contributed by atoms with Crippen LogP contribution >= 0.6 is 43.2 Å². The summed E-state index contributed by atoms with van der Waals surface area (Å²) in [5.41, 5.74) is 1.56. The number of carbonyl (C=O) groups is 2. The van der Waals surface area contributed by atoms with Crippen molar-refractivity contribution in [1.29, 1.82) is 0 Å². The third-order valence-corrected chi connectivity index (χ3v) is 6.58. The number of hydrogen-bond acceptors (Lipinski definition) is 3. The lowest BCUT2D eigenvalue weighted by Crippen LogP contribution is -2.42. The summed E-state index contributed by atoms with van der Waals surface area (Å²) in [6.45, 7) is 0. The highest BCUT2D eigenvalue weighted by Gasteiger charge is 2.39. The number of halogens is 2. The quantitative estimate of drug-likeness (QED) is 0.785. The zero-order chi connectivity index (χ0) is 15.1. The number of benzene rings is 1. The Balaban J connectivity index is 2.05. The highest BCUT2D eigenvalue weighted by molar-refractivity contribution is 9.13. The fraction of sp³-hybridized carbons (Fsp3) is 0.143. The second kappa shape index (κ2) is 5.55. The number of aliphatic carboxylic acids is 1. The topological polar surface area (TPSA) is 57.6 Å². The number of rotatable bonds is 2. The lowest BCUT2D eigenvalue weighted by atomic mass is 10.1. The molecule has 0 aliphatic carbocycles. The van der Waals surface area contributed by atoms with Crippen molar-refractivity contribution in [2.45, 2.75) is 12.5 Å². The van der Waals surface area contributed by atoms with Crippen LogP contribution in [0.4, 0.5) is 5.69 Å². The number of para-hydroxylation sites is 1. The molecule has 1 unspecified atom stereocenters. The van der Waals surface area contributed by atoms with Crippen LogP contribution in [0.1, 0.15) is 15.2 Å². The largest absolute Gasteiger partial charge is 0.480 e. The van der Waals surface area contributed by atoms with Gasteiger partial charge in [0.05, 0.1) is 8.66 Å². The first kappa shape index (κ1) is 14.7. The zero-order valence-corrected chi connectivity index (χ0v) is 14.5. The van der Waals surface area contributed by atoms with E-state index in [1.54, 1.807) is 12.1 Å². The molecule has 0 saturated heterocycles. The first-order chi connectivity index (χ1) is 9.99. The molecule has 7 heteroatoms. The molecule has 0 bridgehead atoms. The molecule has 1 atom stereocenters. The van der Waals surface area contributed by atoms with E-state index in [9.17, 15) is 14.7 Å². The average molecular weight is 431 g/mol. The summed E-state index contributed by atoms with van der Waals surface area (Å²) < 4.78 is 1.60. The van der Waals surface area contributed by atoms with Crippen molar-refractivity contribution in [2.75, 3.05) is 4.90 Å². The number of amides is 1. The van der Waals surface area contributed by atoms with Crippen molar-refractivity contribution in [2.24, 2.45) is 0 Å². The lowest BCUT2D eigenvalue weighted by molar-refractivity contribution is -0.138. The van der Waals surface area contributed by atoms with Gasteiger partial charge < -0.3 is 5.11 Å². The van der Waals surface area contributed by atoms with Gasteiger partial charge in [0.1, 0.15) is 6.04 Å². The molecule has 1 aliphatic heterocycles. The minimum Gasteiger partial charge on any atom is -0.480 e. The van der Waals surface area contributed by atoms with Gasteiger partial charge in [-0.25, -0.2) is 4.79 Å². The van der Waals surface area contributed by atoms with Gasteiger partial charge in [-0.15, -0.1) is 11.3 Å². The summed E-state index contributed by atoms with van der Waals surface area (Å²) in [7, 11) is 0. The van der Waals surface area contributed by atoms with Crippen LogP contribution < -0.4 is 4.90 Å². The van der Waals surface area contributed by atoms with Crippen LogP contribution in [0.2, 0.25) is 0 Å². The molecular formula is C14H9Br2NO3S. The first-order valence-electron chi connectivity index (χ1n) is 6.08. The predicted octanol–water partition coefficient (Wildman–Crippen LogP) is 3.93. The molecule has 1 aromatic heterocycles. The van der Waals surface area contributed by atoms with Crippen molar-refractivity contribution in [3.8, 4) is 0 Å². The molecule has 0 fully saturated rings. The predicted molar refractivity (Wildman–Crippen MR) is 88.1 cm³/mol. The van der Waals surface area contributed by atoms with Gasteiger partial charge in [0.15, 0.2) is 0 Å². The molecule has 1 aliphatic rings. The number of thiophene rings is 1. The molecule has 3 rings (SSSR count). The molecule has 108 valence electrons. The standard InChI is InChI=1S/C14H9Br2NO3S/c15-8-6-11(21-12(8)16)13(18)17-9-4-2-1-3-7(9)5-10(17)14(19)20/h1-4,6,10H,5H2,(H,19,20). The molecule has 21 heavy (non-hydrogen) atoms. The number of nitrogens with zero attached hydrogens (tertiary/aromatic N) is 1. The number of hydrogen-bond donors (Lipinski definition) is 1. The Hall–Kier alpha value is -1.18. The first-order valence-corrected chi connectivity index (χ1v) is 8.48. The van der Waals surface area contributed by atoms with Crippen LogP contribution in [0.3, 0.4) is 0 Å². The van der Waals surface area contributed by atoms with Crippen molar-refractivity contribution >= 4 is 60.8 Å². The van der Waals surface area contributed by atoms with Gasteiger partial charge in [-0.2, -0.15) is 0 Å². The Morgan fingerprint density at radius 1 is 1.29 bits per heavy atom. The van der Waals surface area contributed by atoms with E-state index in [-0.39, 0.29) is 5.91 Å². The summed E-state index contributed by atoms with van der Waals surface area (Å²) in [5, 5.41) is 9.40. The summed E-state index contributed by atoms with van der Waals surface area (Å²) >= 11 is 7.98. The highest BCUT2D eigenvalue weighted by atomic mass is 79.9. The molecule has 0 saturated carbocycles. The van der Waals surface area contributed by atoms with Crippen molar-refractivity contribution in [3.63, 3.8) is 0 Å². The van der Waals surface area contributed by atoms with Gasteiger partial charge in [-0.05, 0) is 49.6 Å². The maximum atomic E-state index is 12.7. The summed E-state index contributed by atoms with van der Waals surface area (Å²) in [6, 6.07) is 8.16. The van der Waals surface area contributed by atoms with Crippen molar-refractivity contribution < 1.29 is 14.7 Å². The zero-order valence-electron chi connectivity index (χ0n) is 10.5. The molecule has 0 radical (unpaired) electrons. The van der Waals surface area contributed by atoms with Crippen LogP contribution in [-0.2, 0) is 11.2 Å². The number of carboxylic acid groups (broad SMARTS) is 1. The molecule has 1 amide bonds. The average Bonchev–Trinajstić information content (AvgIpc) is 2.99. The van der Waals surface area contributed by atoms with Gasteiger partial charge in [0, 0.05) is 16.6 Å². The second-order valence-electron chi connectivity index (χ2n) is 4.59. The van der Waals surface area contributed by atoms with Crippen LogP contribution in [-0.4, -0.2) is 23.0 Å². The van der Waals surface area contributed by atoms with E-state index in [2.05, 4.69) is 31.9 Å². The number of fused-ring (bicyclic) bond motifs is 1.